The van der Waals surface area contributed by atoms with E-state index in [0.29, 0.717) is 5.76 Å². The fourth-order valence-electron chi connectivity index (χ4n) is 2.29. The van der Waals surface area contributed by atoms with Gasteiger partial charge in [0.2, 0.25) is 0 Å². The number of carbonyl (C=O) groups is 3. The Bertz CT molecular complexity index is 751. The number of hydrogen-bond donors (Lipinski definition) is 1. The van der Waals surface area contributed by atoms with Crippen LogP contribution in [0.5, 0.6) is 0 Å². The lowest BCUT2D eigenvalue weighted by atomic mass is 10.1. The molecular formula is C15H12N2O5. The average molecular weight is 300 g/mol. The van der Waals surface area contributed by atoms with Gasteiger partial charge in [-0.15, -0.1) is 0 Å². The third-order valence-corrected chi connectivity index (χ3v) is 3.32. The molecule has 0 bridgehead atoms. The summed E-state index contributed by atoms with van der Waals surface area (Å²) in [6.07, 6.45) is 1.47. The Morgan fingerprint density at radius 2 is 2.00 bits per heavy atom. The summed E-state index contributed by atoms with van der Waals surface area (Å²) in [4.78, 5) is 42.0. The van der Waals surface area contributed by atoms with E-state index in [1.807, 2.05) is 0 Å². The Morgan fingerprint density at radius 3 is 2.68 bits per heavy atom. The summed E-state index contributed by atoms with van der Waals surface area (Å²) in [5, 5.41) is 0. The average Bonchev–Trinajstić information content (AvgIpc) is 3.11. The Hall–Kier alpha value is -2.93. The molecule has 1 N–H and O–H groups in total. The second-order valence-corrected chi connectivity index (χ2v) is 4.67. The van der Waals surface area contributed by atoms with Crippen LogP contribution in [-0.2, 0) is 11.4 Å². The third-order valence-electron chi connectivity index (χ3n) is 3.32. The highest BCUT2D eigenvalue weighted by atomic mass is 16.6. The molecule has 0 atom stereocenters. The number of benzene rings is 1. The molecule has 0 unspecified atom stereocenters. The molecule has 112 valence electrons. The van der Waals surface area contributed by atoms with Crippen molar-refractivity contribution in [3.8, 4) is 0 Å². The van der Waals surface area contributed by atoms with Crippen molar-refractivity contribution in [2.45, 2.75) is 6.54 Å². The number of hydrogen-bond acceptors (Lipinski definition) is 5. The molecule has 22 heavy (non-hydrogen) atoms. The Kier molecular flexibility index (Phi) is 3.48. The highest BCUT2D eigenvalue weighted by Gasteiger charge is 2.36. The van der Waals surface area contributed by atoms with Gasteiger partial charge < -0.3 is 4.42 Å². The fraction of sp³-hybridized carbons (Fsp3) is 0.133. The van der Waals surface area contributed by atoms with Crippen LogP contribution in [0.3, 0.4) is 0 Å². The highest BCUT2D eigenvalue weighted by molar-refractivity contribution is 6.21. The maximum atomic E-state index is 12.4. The van der Waals surface area contributed by atoms with E-state index in [2.05, 4.69) is 10.3 Å². The molecule has 7 heteroatoms. The first-order chi connectivity index (χ1) is 10.6. The quantitative estimate of drug-likeness (QED) is 0.680. The first kappa shape index (κ1) is 14.0. The number of carbonyl (C=O) groups excluding carboxylic acids is 3. The van der Waals surface area contributed by atoms with Crippen molar-refractivity contribution in [1.82, 2.24) is 10.4 Å². The van der Waals surface area contributed by atoms with Gasteiger partial charge in [0.15, 0.2) is 0 Å². The molecule has 2 heterocycles. The van der Waals surface area contributed by atoms with Gasteiger partial charge >= 0.3 is 0 Å². The molecule has 1 aromatic heterocycles. The monoisotopic (exact) mass is 300 g/mol. The maximum Gasteiger partial charge on any atom is 0.274 e. The zero-order valence-corrected chi connectivity index (χ0v) is 11.7. The van der Waals surface area contributed by atoms with Gasteiger partial charge in [0.1, 0.15) is 5.76 Å². The predicted octanol–water partition coefficient (Wildman–Crippen LogP) is 1.37. The van der Waals surface area contributed by atoms with E-state index < -0.39 is 17.7 Å². The summed E-state index contributed by atoms with van der Waals surface area (Å²) in [6.45, 7) is 0.0545. The van der Waals surface area contributed by atoms with Gasteiger partial charge in [-0.1, -0.05) is 0 Å². The van der Waals surface area contributed by atoms with E-state index in [-0.39, 0.29) is 23.2 Å². The van der Waals surface area contributed by atoms with Crippen LogP contribution in [0.25, 0.3) is 0 Å². The number of furan rings is 1. The van der Waals surface area contributed by atoms with Crippen LogP contribution in [-0.4, -0.2) is 29.7 Å². The summed E-state index contributed by atoms with van der Waals surface area (Å²) in [7, 11) is 1.31. The first-order valence-electron chi connectivity index (χ1n) is 6.47. The van der Waals surface area contributed by atoms with Crippen LogP contribution in [0.15, 0.2) is 41.0 Å². The second kappa shape index (κ2) is 5.45. The van der Waals surface area contributed by atoms with Crippen molar-refractivity contribution >= 4 is 17.7 Å². The smallest absolute Gasteiger partial charge is 0.274 e. The van der Waals surface area contributed by atoms with Crippen LogP contribution < -0.4 is 5.48 Å². The van der Waals surface area contributed by atoms with Gasteiger partial charge in [0.05, 0.1) is 31.0 Å². The van der Waals surface area contributed by atoms with Crippen LogP contribution in [0.1, 0.15) is 36.8 Å². The SMILES string of the molecule is CONC(=O)c1ccc2c(c1)C(=O)N(Cc1ccco1)C2=O. The van der Waals surface area contributed by atoms with Crippen molar-refractivity contribution in [3.05, 3.63) is 59.0 Å². The number of nitrogens with one attached hydrogen (secondary N) is 1. The fourth-order valence-corrected chi connectivity index (χ4v) is 2.29. The van der Waals surface area contributed by atoms with Gasteiger partial charge in [-0.3, -0.25) is 24.1 Å². The van der Waals surface area contributed by atoms with E-state index in [9.17, 15) is 14.4 Å². The lowest BCUT2D eigenvalue weighted by Gasteiger charge is -2.11. The Labute approximate surface area is 125 Å². The lowest BCUT2D eigenvalue weighted by Crippen LogP contribution is -2.28. The Morgan fingerprint density at radius 1 is 1.23 bits per heavy atom. The zero-order chi connectivity index (χ0) is 15.7. The molecule has 0 spiro atoms. The van der Waals surface area contributed by atoms with Crippen LogP contribution >= 0.6 is 0 Å². The number of rotatable bonds is 4. The number of amides is 3. The number of nitrogens with zero attached hydrogens (tertiary/aromatic N) is 1. The first-order valence-corrected chi connectivity index (χ1v) is 6.47. The molecule has 1 aromatic carbocycles. The van der Waals surface area contributed by atoms with E-state index in [4.69, 9.17) is 4.42 Å². The molecule has 7 nitrogen and oxygen atoms in total. The van der Waals surface area contributed by atoms with E-state index in [0.717, 1.165) is 4.90 Å². The summed E-state index contributed by atoms with van der Waals surface area (Å²) in [5.41, 5.74) is 2.86. The standard InChI is InChI=1S/C15H12N2O5/c1-21-16-13(18)9-4-5-11-12(7-9)15(20)17(14(11)19)8-10-3-2-6-22-10/h2-7H,8H2,1H3,(H,16,18). The van der Waals surface area contributed by atoms with Crippen molar-refractivity contribution < 1.29 is 23.6 Å². The van der Waals surface area contributed by atoms with Crippen molar-refractivity contribution in [3.63, 3.8) is 0 Å². The lowest BCUT2D eigenvalue weighted by molar-refractivity contribution is 0.0537. The summed E-state index contributed by atoms with van der Waals surface area (Å²) in [6, 6.07) is 7.67. The minimum atomic E-state index is -0.491. The summed E-state index contributed by atoms with van der Waals surface area (Å²) < 4.78 is 5.16. The minimum absolute atomic E-state index is 0.0545. The molecule has 1 aliphatic heterocycles. The largest absolute Gasteiger partial charge is 0.467 e. The number of hydroxylamine groups is 1. The van der Waals surface area contributed by atoms with Crippen molar-refractivity contribution in [2.24, 2.45) is 0 Å². The normalized spacial score (nSPS) is 13.4. The molecule has 0 fully saturated rings. The topological polar surface area (TPSA) is 88.8 Å². The van der Waals surface area contributed by atoms with Gasteiger partial charge in [-0.25, -0.2) is 5.48 Å². The Balaban J connectivity index is 1.90. The number of fused-ring (bicyclic) bond motifs is 1. The van der Waals surface area contributed by atoms with Gasteiger partial charge in [-0.05, 0) is 30.3 Å². The molecule has 1 aliphatic rings. The molecule has 0 saturated heterocycles. The minimum Gasteiger partial charge on any atom is -0.467 e. The van der Waals surface area contributed by atoms with Crippen LogP contribution in [0.4, 0.5) is 0 Å². The van der Waals surface area contributed by atoms with Crippen LogP contribution in [0, 0.1) is 0 Å². The van der Waals surface area contributed by atoms with Crippen molar-refractivity contribution in [1.29, 1.82) is 0 Å². The summed E-state index contributed by atoms with van der Waals surface area (Å²) in [5.74, 6) is -0.847. The molecule has 0 saturated carbocycles. The van der Waals surface area contributed by atoms with E-state index in [1.54, 1.807) is 12.1 Å². The van der Waals surface area contributed by atoms with Gasteiger partial charge in [-0.2, -0.15) is 0 Å². The van der Waals surface area contributed by atoms with Crippen molar-refractivity contribution in [2.75, 3.05) is 7.11 Å². The van der Waals surface area contributed by atoms with E-state index in [1.165, 1.54) is 31.6 Å². The molecular weight excluding hydrogens is 288 g/mol. The highest BCUT2D eigenvalue weighted by Crippen LogP contribution is 2.25. The predicted molar refractivity (Wildman–Crippen MR) is 73.8 cm³/mol. The van der Waals surface area contributed by atoms with Gasteiger partial charge in [0.25, 0.3) is 17.7 Å². The maximum absolute atomic E-state index is 12.4. The molecule has 3 amide bonds. The van der Waals surface area contributed by atoms with Gasteiger partial charge in [0, 0.05) is 5.56 Å². The molecule has 0 aliphatic carbocycles. The molecule has 0 radical (unpaired) electrons. The third kappa shape index (κ3) is 2.27. The zero-order valence-electron chi connectivity index (χ0n) is 11.7. The molecule has 3 rings (SSSR count). The summed E-state index contributed by atoms with van der Waals surface area (Å²) >= 11 is 0. The molecule has 2 aromatic rings. The number of imide groups is 1. The van der Waals surface area contributed by atoms with E-state index >= 15 is 0 Å². The second-order valence-electron chi connectivity index (χ2n) is 4.67. The van der Waals surface area contributed by atoms with Crippen LogP contribution in [0.2, 0.25) is 0 Å².